The summed E-state index contributed by atoms with van der Waals surface area (Å²) in [6.45, 7) is 4.42. The number of rotatable bonds is 46. The fourth-order valence-corrected chi connectivity index (χ4v) is 7.23. The number of carboxylic acid groups (broad SMARTS) is 1. The zero-order chi connectivity index (χ0) is 48.4. The van der Waals surface area contributed by atoms with Crippen molar-refractivity contribution in [3.05, 3.63) is 97.2 Å². The summed E-state index contributed by atoms with van der Waals surface area (Å²) < 4.78 is 17.2. The summed E-state index contributed by atoms with van der Waals surface area (Å²) in [6, 6.07) is -0.735. The lowest BCUT2D eigenvalue weighted by atomic mass is 10.1. The monoisotopic (exact) mass is 920 g/mol. The Balaban J connectivity index is 4.26. The third kappa shape index (κ3) is 45.4. The van der Waals surface area contributed by atoms with Crippen molar-refractivity contribution in [1.82, 2.24) is 0 Å². The summed E-state index contributed by atoms with van der Waals surface area (Å²) in [5.41, 5.74) is 0. The molecule has 66 heavy (non-hydrogen) atoms. The first-order valence-corrected chi connectivity index (χ1v) is 26.3. The lowest BCUT2D eigenvalue weighted by Gasteiger charge is -2.34. The Kier molecular flexibility index (Phi) is 45.0. The fraction of sp³-hybridized carbons (Fsp3) is 0.672. The summed E-state index contributed by atoms with van der Waals surface area (Å²) in [7, 11) is 5.40. The van der Waals surface area contributed by atoms with Crippen molar-refractivity contribution in [2.24, 2.45) is 0 Å². The van der Waals surface area contributed by atoms with E-state index >= 15 is 0 Å². The van der Waals surface area contributed by atoms with E-state index in [0.29, 0.717) is 12.8 Å². The minimum atomic E-state index is -1.13. The molecule has 0 fully saturated rings. The van der Waals surface area contributed by atoms with Crippen LogP contribution in [0, 0.1) is 0 Å². The number of carbonyl (C=O) groups excluding carboxylic acids is 3. The van der Waals surface area contributed by atoms with Gasteiger partial charge in [-0.25, -0.2) is 0 Å². The Hall–Kier alpha value is -3.75. The van der Waals surface area contributed by atoms with E-state index in [0.717, 1.165) is 103 Å². The predicted molar refractivity (Wildman–Crippen MR) is 277 cm³/mol. The molecule has 0 rings (SSSR count). The SMILES string of the molecule is CC/C=C/C/C=C/C/C=C/C/C=C/CCCCCCCCCCCCC(=O)OCC(COCCC(C(=O)[O-])[N+](C)(C)C)OC(=O)CCCCCCCC/C=C/C/C=C/C/C=C/C/C=C/CC. The maximum Gasteiger partial charge on any atom is 0.306 e. The van der Waals surface area contributed by atoms with E-state index in [2.05, 4.69) is 111 Å². The Morgan fingerprint density at radius 2 is 0.803 bits per heavy atom. The summed E-state index contributed by atoms with van der Waals surface area (Å²) in [6.07, 6.45) is 64.3. The van der Waals surface area contributed by atoms with Crippen LogP contribution in [-0.4, -0.2) is 75.5 Å². The molecular formula is C58H97NO7. The molecule has 0 aliphatic carbocycles. The number of hydrogen-bond donors (Lipinski definition) is 0. The first kappa shape index (κ1) is 62.2. The van der Waals surface area contributed by atoms with Crippen LogP contribution in [0.1, 0.15) is 200 Å². The van der Waals surface area contributed by atoms with Gasteiger partial charge in [0.05, 0.1) is 40.3 Å². The van der Waals surface area contributed by atoms with Gasteiger partial charge in [-0.2, -0.15) is 0 Å². The number of hydrogen-bond acceptors (Lipinski definition) is 7. The molecule has 0 radical (unpaired) electrons. The number of aliphatic carboxylic acids is 1. The molecule has 0 saturated heterocycles. The van der Waals surface area contributed by atoms with Crippen molar-refractivity contribution < 1.29 is 38.2 Å². The van der Waals surface area contributed by atoms with Gasteiger partial charge in [-0.1, -0.05) is 188 Å². The largest absolute Gasteiger partial charge is 0.544 e. The van der Waals surface area contributed by atoms with Crippen LogP contribution >= 0.6 is 0 Å². The number of carbonyl (C=O) groups is 3. The average molecular weight is 920 g/mol. The number of ether oxygens (including phenoxy) is 3. The first-order valence-electron chi connectivity index (χ1n) is 26.3. The van der Waals surface area contributed by atoms with Gasteiger partial charge in [0, 0.05) is 19.3 Å². The van der Waals surface area contributed by atoms with Crippen LogP contribution in [-0.2, 0) is 28.6 Å². The third-order valence-electron chi connectivity index (χ3n) is 11.2. The number of nitrogens with zero attached hydrogens (tertiary/aromatic N) is 1. The van der Waals surface area contributed by atoms with Crippen LogP contribution in [0.25, 0.3) is 0 Å². The second-order valence-corrected chi connectivity index (χ2v) is 18.3. The van der Waals surface area contributed by atoms with Crippen molar-refractivity contribution in [2.75, 3.05) is 41.0 Å². The van der Waals surface area contributed by atoms with E-state index in [1.165, 1.54) is 64.2 Å². The molecular weight excluding hydrogens is 823 g/mol. The molecule has 2 atom stereocenters. The van der Waals surface area contributed by atoms with E-state index < -0.39 is 18.1 Å². The van der Waals surface area contributed by atoms with Crippen molar-refractivity contribution in [3.63, 3.8) is 0 Å². The minimum Gasteiger partial charge on any atom is -0.544 e. The van der Waals surface area contributed by atoms with Gasteiger partial charge in [0.25, 0.3) is 0 Å². The maximum atomic E-state index is 12.8. The molecule has 0 N–H and O–H groups in total. The fourth-order valence-electron chi connectivity index (χ4n) is 7.23. The van der Waals surface area contributed by atoms with Gasteiger partial charge in [-0.05, 0) is 89.9 Å². The molecule has 8 nitrogen and oxygen atoms in total. The molecule has 0 saturated carbocycles. The number of quaternary nitrogens is 1. The number of unbranched alkanes of at least 4 members (excludes halogenated alkanes) is 16. The third-order valence-corrected chi connectivity index (χ3v) is 11.2. The van der Waals surface area contributed by atoms with Crippen molar-refractivity contribution >= 4 is 17.9 Å². The van der Waals surface area contributed by atoms with E-state index in [1.807, 2.05) is 0 Å². The van der Waals surface area contributed by atoms with Crippen LogP contribution in [0.2, 0.25) is 0 Å². The lowest BCUT2D eigenvalue weighted by Crippen LogP contribution is -2.55. The molecule has 8 heteroatoms. The highest BCUT2D eigenvalue weighted by Crippen LogP contribution is 2.14. The maximum absolute atomic E-state index is 12.8. The summed E-state index contributed by atoms with van der Waals surface area (Å²) in [5, 5.41) is 11.7. The Bertz CT molecular complexity index is 1400. The predicted octanol–water partition coefficient (Wildman–Crippen LogP) is 14.1. The molecule has 376 valence electrons. The van der Waals surface area contributed by atoms with E-state index in [4.69, 9.17) is 14.2 Å². The van der Waals surface area contributed by atoms with Gasteiger partial charge in [0.2, 0.25) is 0 Å². The van der Waals surface area contributed by atoms with Crippen LogP contribution < -0.4 is 5.11 Å². The van der Waals surface area contributed by atoms with Crippen molar-refractivity contribution in [1.29, 1.82) is 0 Å². The zero-order valence-electron chi connectivity index (χ0n) is 42.8. The molecule has 0 aromatic carbocycles. The van der Waals surface area contributed by atoms with E-state index in [-0.39, 0.29) is 42.7 Å². The number of allylic oxidation sites excluding steroid dienone is 16. The van der Waals surface area contributed by atoms with Crippen LogP contribution in [0.3, 0.4) is 0 Å². The molecule has 0 aromatic heterocycles. The lowest BCUT2D eigenvalue weighted by molar-refractivity contribution is -0.889. The topological polar surface area (TPSA) is 102 Å². The Morgan fingerprint density at radius 3 is 1.18 bits per heavy atom. The van der Waals surface area contributed by atoms with Gasteiger partial charge in [-0.15, -0.1) is 0 Å². The number of carboxylic acids is 1. The quantitative estimate of drug-likeness (QED) is 0.0259. The van der Waals surface area contributed by atoms with Gasteiger partial charge in [0.1, 0.15) is 12.6 Å². The highest BCUT2D eigenvalue weighted by molar-refractivity contribution is 5.70. The van der Waals surface area contributed by atoms with Crippen molar-refractivity contribution in [2.45, 2.75) is 212 Å². The van der Waals surface area contributed by atoms with E-state index in [9.17, 15) is 19.5 Å². The van der Waals surface area contributed by atoms with E-state index in [1.54, 1.807) is 21.1 Å². The minimum absolute atomic E-state index is 0.0283. The second-order valence-electron chi connectivity index (χ2n) is 18.3. The Morgan fingerprint density at radius 1 is 0.455 bits per heavy atom. The van der Waals surface area contributed by atoms with Crippen molar-refractivity contribution in [3.8, 4) is 0 Å². The first-order chi connectivity index (χ1) is 32.1. The van der Waals surface area contributed by atoms with Crippen LogP contribution in [0.15, 0.2) is 97.2 Å². The molecule has 0 heterocycles. The zero-order valence-corrected chi connectivity index (χ0v) is 42.8. The van der Waals surface area contributed by atoms with Crippen LogP contribution in [0.5, 0.6) is 0 Å². The highest BCUT2D eigenvalue weighted by atomic mass is 16.6. The van der Waals surface area contributed by atoms with Gasteiger partial charge >= 0.3 is 11.9 Å². The molecule has 0 amide bonds. The number of esters is 2. The summed E-state index contributed by atoms with van der Waals surface area (Å²) >= 11 is 0. The summed E-state index contributed by atoms with van der Waals surface area (Å²) in [5.74, 6) is -1.76. The highest BCUT2D eigenvalue weighted by Gasteiger charge is 2.25. The molecule has 0 spiro atoms. The van der Waals surface area contributed by atoms with Gasteiger partial charge < -0.3 is 28.6 Å². The summed E-state index contributed by atoms with van der Waals surface area (Å²) in [4.78, 5) is 37.1. The standard InChI is InChI=1S/C58H97NO7/c1-6-8-10-12-14-16-18-20-22-24-26-27-28-29-31-32-34-36-38-40-42-44-46-48-56(60)65-53-54(52-64-51-50-55(58(62)63)59(3,4)5)66-57(61)49-47-45-43-41-39-37-35-33-30-25-23-21-19-17-15-13-11-9-7-2/h8-11,14-17,20-23,26-27,30,33,54-55H,6-7,12-13,18-19,24-25,28-29,31-32,34-53H2,1-5H3/b10-8+,11-9+,16-14+,17-15+,22-20+,23-21+,27-26+,33-30+. The number of likely N-dealkylation sites (N-methyl/N-ethyl adjacent to an activating group) is 1. The van der Waals surface area contributed by atoms with Crippen LogP contribution in [0.4, 0.5) is 0 Å². The van der Waals surface area contributed by atoms with Gasteiger partial charge in [0.15, 0.2) is 6.10 Å². The second kappa shape index (κ2) is 47.7. The van der Waals surface area contributed by atoms with Gasteiger partial charge in [-0.3, -0.25) is 9.59 Å². The molecule has 0 aromatic rings. The molecule has 0 bridgehead atoms. The normalized spacial score (nSPS) is 13.7. The molecule has 0 aliphatic rings. The average Bonchev–Trinajstić information content (AvgIpc) is 3.28. The Labute approximate surface area is 405 Å². The molecule has 2 unspecified atom stereocenters. The molecule has 0 aliphatic heterocycles. The smallest absolute Gasteiger partial charge is 0.306 e.